The number of anilines is 1. The van der Waals surface area contributed by atoms with Crippen LogP contribution in [0.1, 0.15) is 12.8 Å². The number of piperidine rings is 1. The van der Waals surface area contributed by atoms with Crippen LogP contribution in [0.5, 0.6) is 11.5 Å². The Hall–Kier alpha value is -2.54. The van der Waals surface area contributed by atoms with Crippen LogP contribution in [-0.4, -0.2) is 35.6 Å². The largest absolute Gasteiger partial charge is 0.454 e. The van der Waals surface area contributed by atoms with Gasteiger partial charge in [0.15, 0.2) is 11.5 Å². The summed E-state index contributed by atoms with van der Waals surface area (Å²) in [5.74, 6) is 1.30. The third kappa shape index (κ3) is 2.43. The normalized spacial score (nSPS) is 18.6. The van der Waals surface area contributed by atoms with Gasteiger partial charge in [-0.1, -0.05) is 0 Å². The molecule has 0 unspecified atom stereocenters. The first-order valence-corrected chi connectivity index (χ1v) is 7.70. The van der Waals surface area contributed by atoms with Crippen molar-refractivity contribution in [3.8, 4) is 11.5 Å². The predicted octanol–water partition coefficient (Wildman–Crippen LogP) is 1.33. The summed E-state index contributed by atoms with van der Waals surface area (Å²) in [6.45, 7) is 1.79. The van der Waals surface area contributed by atoms with E-state index in [1.807, 2.05) is 18.3 Å². The highest BCUT2D eigenvalue weighted by Gasteiger charge is 2.42. The fourth-order valence-corrected chi connectivity index (χ4v) is 3.14. The van der Waals surface area contributed by atoms with Crippen LogP contribution in [0.15, 0.2) is 36.7 Å². The van der Waals surface area contributed by atoms with Crippen molar-refractivity contribution >= 4 is 11.6 Å². The minimum atomic E-state index is -0.662. The van der Waals surface area contributed by atoms with E-state index in [1.54, 1.807) is 23.0 Å². The summed E-state index contributed by atoms with van der Waals surface area (Å²) in [5.41, 5.74) is 0.0369. The molecule has 2 aromatic rings. The van der Waals surface area contributed by atoms with Crippen LogP contribution in [0.3, 0.4) is 0 Å². The highest BCUT2D eigenvalue weighted by atomic mass is 16.7. The molecule has 1 amide bonds. The van der Waals surface area contributed by atoms with Crippen molar-refractivity contribution in [1.82, 2.24) is 15.1 Å². The van der Waals surface area contributed by atoms with Crippen molar-refractivity contribution in [3.63, 3.8) is 0 Å². The molecule has 0 radical (unpaired) electrons. The molecular weight excluding hydrogens is 296 g/mol. The van der Waals surface area contributed by atoms with Gasteiger partial charge in [-0.05, 0) is 44.1 Å². The lowest BCUT2D eigenvalue weighted by atomic mass is 9.87. The van der Waals surface area contributed by atoms with E-state index in [1.165, 1.54) is 0 Å². The Morgan fingerprint density at radius 2 is 2.09 bits per heavy atom. The monoisotopic (exact) mass is 314 g/mol. The Labute approximate surface area is 133 Å². The number of rotatable bonds is 3. The summed E-state index contributed by atoms with van der Waals surface area (Å²) in [7, 11) is 0. The Morgan fingerprint density at radius 3 is 2.87 bits per heavy atom. The maximum Gasteiger partial charge on any atom is 0.252 e. The molecule has 7 nitrogen and oxygen atoms in total. The molecule has 4 rings (SSSR count). The first kappa shape index (κ1) is 14.1. The number of hydrogen-bond acceptors (Lipinski definition) is 5. The molecule has 2 aliphatic heterocycles. The number of fused-ring (bicyclic) bond motifs is 1. The van der Waals surface area contributed by atoms with E-state index in [4.69, 9.17) is 9.47 Å². The highest BCUT2D eigenvalue weighted by molar-refractivity contribution is 5.97. The number of nitrogens with one attached hydrogen (secondary N) is 2. The molecule has 120 valence electrons. The van der Waals surface area contributed by atoms with Crippen LogP contribution in [0.25, 0.3) is 0 Å². The van der Waals surface area contributed by atoms with E-state index in [-0.39, 0.29) is 12.7 Å². The fraction of sp³-hybridized carbons (Fsp3) is 0.375. The number of hydrogen-bond donors (Lipinski definition) is 2. The number of ether oxygens (including phenoxy) is 2. The molecule has 0 spiro atoms. The van der Waals surface area contributed by atoms with Crippen LogP contribution < -0.4 is 20.1 Å². The number of benzene rings is 1. The maximum atomic E-state index is 13.0. The first-order chi connectivity index (χ1) is 11.3. The maximum absolute atomic E-state index is 13.0. The lowest BCUT2D eigenvalue weighted by Gasteiger charge is -2.36. The second-order valence-corrected chi connectivity index (χ2v) is 5.75. The number of carbonyl (C=O) groups is 1. The SMILES string of the molecule is O=C(Nc1ccc2c(c1)OCO2)C1(n2cccn2)CCNCC1. The van der Waals surface area contributed by atoms with Crippen LogP contribution >= 0.6 is 0 Å². The van der Waals surface area contributed by atoms with Gasteiger partial charge in [-0.25, -0.2) is 0 Å². The average molecular weight is 314 g/mol. The van der Waals surface area contributed by atoms with Gasteiger partial charge in [-0.2, -0.15) is 5.10 Å². The van der Waals surface area contributed by atoms with Gasteiger partial charge in [0, 0.05) is 24.1 Å². The van der Waals surface area contributed by atoms with E-state index in [9.17, 15) is 4.79 Å². The lowest BCUT2D eigenvalue weighted by molar-refractivity contribution is -0.126. The summed E-state index contributed by atoms with van der Waals surface area (Å²) in [5, 5.41) is 10.6. The Bertz CT molecular complexity index is 708. The summed E-state index contributed by atoms with van der Waals surface area (Å²) in [6, 6.07) is 7.26. The second kappa shape index (κ2) is 5.58. The lowest BCUT2D eigenvalue weighted by Crippen LogP contribution is -2.52. The smallest absolute Gasteiger partial charge is 0.252 e. The van der Waals surface area contributed by atoms with Crippen LogP contribution in [0.2, 0.25) is 0 Å². The van der Waals surface area contributed by atoms with E-state index in [0.29, 0.717) is 30.0 Å². The minimum absolute atomic E-state index is 0.0541. The van der Waals surface area contributed by atoms with Gasteiger partial charge in [0.1, 0.15) is 5.54 Å². The summed E-state index contributed by atoms with van der Waals surface area (Å²) in [6.07, 6.45) is 4.96. The molecule has 23 heavy (non-hydrogen) atoms. The van der Waals surface area contributed by atoms with E-state index in [2.05, 4.69) is 15.7 Å². The predicted molar refractivity (Wildman–Crippen MR) is 83.5 cm³/mol. The molecule has 1 aromatic heterocycles. The van der Waals surface area contributed by atoms with Crippen molar-refractivity contribution in [3.05, 3.63) is 36.7 Å². The quantitative estimate of drug-likeness (QED) is 0.894. The van der Waals surface area contributed by atoms with E-state index < -0.39 is 5.54 Å². The molecule has 7 heteroatoms. The summed E-state index contributed by atoms with van der Waals surface area (Å²) >= 11 is 0. The zero-order valence-electron chi connectivity index (χ0n) is 12.6. The third-order valence-corrected chi connectivity index (χ3v) is 4.43. The van der Waals surface area contributed by atoms with Crippen LogP contribution in [0.4, 0.5) is 5.69 Å². The van der Waals surface area contributed by atoms with Crippen LogP contribution in [-0.2, 0) is 10.3 Å². The van der Waals surface area contributed by atoms with Gasteiger partial charge in [-0.3, -0.25) is 9.48 Å². The van der Waals surface area contributed by atoms with Gasteiger partial charge in [0.05, 0.1) is 0 Å². The van der Waals surface area contributed by atoms with Gasteiger partial charge < -0.3 is 20.1 Å². The van der Waals surface area contributed by atoms with Crippen molar-refractivity contribution in [2.45, 2.75) is 18.4 Å². The van der Waals surface area contributed by atoms with Gasteiger partial charge >= 0.3 is 0 Å². The molecule has 0 atom stereocenters. The number of aromatic nitrogens is 2. The van der Waals surface area contributed by atoms with Crippen LogP contribution in [0, 0.1) is 0 Å². The second-order valence-electron chi connectivity index (χ2n) is 5.75. The Morgan fingerprint density at radius 1 is 1.26 bits per heavy atom. The molecule has 0 saturated carbocycles. The van der Waals surface area contributed by atoms with E-state index in [0.717, 1.165) is 13.1 Å². The Balaban J connectivity index is 1.61. The summed E-state index contributed by atoms with van der Waals surface area (Å²) < 4.78 is 12.4. The average Bonchev–Trinajstić information content (AvgIpc) is 3.27. The first-order valence-electron chi connectivity index (χ1n) is 7.70. The molecule has 1 fully saturated rings. The van der Waals surface area contributed by atoms with Crippen molar-refractivity contribution in [2.75, 3.05) is 25.2 Å². The molecule has 0 bridgehead atoms. The highest BCUT2D eigenvalue weighted by Crippen LogP contribution is 2.35. The zero-order chi connectivity index (χ0) is 15.7. The number of amides is 1. The number of nitrogens with zero attached hydrogens (tertiary/aromatic N) is 2. The van der Waals surface area contributed by atoms with Gasteiger partial charge in [0.2, 0.25) is 6.79 Å². The molecule has 1 saturated heterocycles. The molecule has 3 heterocycles. The Kier molecular flexibility index (Phi) is 3.42. The van der Waals surface area contributed by atoms with Crippen molar-refractivity contribution in [1.29, 1.82) is 0 Å². The summed E-state index contributed by atoms with van der Waals surface area (Å²) in [4.78, 5) is 13.0. The fourth-order valence-electron chi connectivity index (χ4n) is 3.14. The third-order valence-electron chi connectivity index (χ3n) is 4.43. The molecule has 1 aromatic carbocycles. The minimum Gasteiger partial charge on any atom is -0.454 e. The standard InChI is InChI=1S/C16H18N4O3/c21-15(19-12-2-3-13-14(10-12)23-11-22-13)16(4-7-17-8-5-16)20-9-1-6-18-20/h1-3,6,9-10,17H,4-5,7-8,11H2,(H,19,21). The topological polar surface area (TPSA) is 77.4 Å². The molecule has 2 aliphatic rings. The zero-order valence-corrected chi connectivity index (χ0v) is 12.6. The van der Waals surface area contributed by atoms with Gasteiger partial charge in [-0.15, -0.1) is 0 Å². The van der Waals surface area contributed by atoms with Gasteiger partial charge in [0.25, 0.3) is 5.91 Å². The van der Waals surface area contributed by atoms with E-state index >= 15 is 0 Å². The molecule has 2 N–H and O–H groups in total. The molecular formula is C16H18N4O3. The number of carbonyl (C=O) groups excluding carboxylic acids is 1. The van der Waals surface area contributed by atoms with Crippen molar-refractivity contribution in [2.24, 2.45) is 0 Å². The molecule has 0 aliphatic carbocycles. The van der Waals surface area contributed by atoms with Crippen molar-refractivity contribution < 1.29 is 14.3 Å².